The highest BCUT2D eigenvalue weighted by molar-refractivity contribution is 6.34. The Hall–Kier alpha value is -2.77. The molecule has 1 amide bonds. The van der Waals surface area contributed by atoms with Gasteiger partial charge in [-0.3, -0.25) is 9.59 Å². The molecule has 0 atom stereocenters. The first-order valence-corrected chi connectivity index (χ1v) is 9.21. The zero-order valence-electron chi connectivity index (χ0n) is 14.9. The topological polar surface area (TPSA) is 64.4 Å². The smallest absolute Gasteiger partial charge is 0.242 e. The largest absolute Gasteiger partial charge is 0.378 e. The van der Waals surface area contributed by atoms with E-state index in [1.807, 2.05) is 0 Å². The number of carbonyl (C=O) groups is 2. The summed E-state index contributed by atoms with van der Waals surface area (Å²) in [6.07, 6.45) is 3.13. The van der Waals surface area contributed by atoms with Crippen molar-refractivity contribution in [1.82, 2.24) is 14.5 Å². The van der Waals surface area contributed by atoms with Gasteiger partial charge < -0.3 is 14.2 Å². The SMILES string of the molecule is O=C(c1ccc(F)cc1)c1cn(CC(=O)N2CCOCC2)c2c(Cl)nccc12. The van der Waals surface area contributed by atoms with Crippen molar-refractivity contribution >= 4 is 34.2 Å². The highest BCUT2D eigenvalue weighted by Crippen LogP contribution is 2.28. The van der Waals surface area contributed by atoms with Crippen molar-refractivity contribution in [3.8, 4) is 0 Å². The first kappa shape index (κ1) is 18.6. The Morgan fingerprint density at radius 3 is 2.57 bits per heavy atom. The van der Waals surface area contributed by atoms with E-state index < -0.39 is 5.82 Å². The van der Waals surface area contributed by atoms with E-state index in [-0.39, 0.29) is 23.4 Å². The van der Waals surface area contributed by atoms with Crippen LogP contribution in [0.3, 0.4) is 0 Å². The summed E-state index contributed by atoms with van der Waals surface area (Å²) in [4.78, 5) is 31.4. The minimum atomic E-state index is -0.415. The lowest BCUT2D eigenvalue weighted by Gasteiger charge is -2.27. The number of hydrogen-bond acceptors (Lipinski definition) is 4. The molecule has 2 aromatic heterocycles. The molecule has 1 aliphatic heterocycles. The maximum absolute atomic E-state index is 13.2. The summed E-state index contributed by atoms with van der Waals surface area (Å²) in [6.45, 7) is 2.12. The Labute approximate surface area is 165 Å². The zero-order chi connectivity index (χ0) is 19.7. The zero-order valence-corrected chi connectivity index (χ0v) is 15.7. The summed E-state index contributed by atoms with van der Waals surface area (Å²) in [6, 6.07) is 7.03. The van der Waals surface area contributed by atoms with E-state index >= 15 is 0 Å². The monoisotopic (exact) mass is 401 g/mol. The molecule has 0 saturated carbocycles. The molecule has 1 saturated heterocycles. The molecule has 0 unspecified atom stereocenters. The number of benzene rings is 1. The average Bonchev–Trinajstić information content (AvgIpc) is 3.08. The number of carbonyl (C=O) groups excluding carboxylic acids is 2. The minimum absolute atomic E-state index is 0.0403. The Morgan fingerprint density at radius 2 is 1.86 bits per heavy atom. The quantitative estimate of drug-likeness (QED) is 0.498. The predicted octanol–water partition coefficient (Wildman–Crippen LogP) is 2.92. The molecule has 0 radical (unpaired) electrons. The summed E-state index contributed by atoms with van der Waals surface area (Å²) in [7, 11) is 0. The lowest BCUT2D eigenvalue weighted by molar-refractivity contribution is -0.135. The van der Waals surface area contributed by atoms with Crippen molar-refractivity contribution in [2.75, 3.05) is 26.3 Å². The van der Waals surface area contributed by atoms with Crippen LogP contribution in [0.15, 0.2) is 42.7 Å². The van der Waals surface area contributed by atoms with Gasteiger partial charge in [0.1, 0.15) is 12.4 Å². The van der Waals surface area contributed by atoms with Gasteiger partial charge in [-0.1, -0.05) is 11.6 Å². The Kier molecular flexibility index (Phi) is 5.11. The second-order valence-electron chi connectivity index (χ2n) is 6.50. The number of hydrogen-bond donors (Lipinski definition) is 0. The van der Waals surface area contributed by atoms with Crippen LogP contribution in [0, 0.1) is 5.82 Å². The van der Waals surface area contributed by atoms with E-state index in [2.05, 4.69) is 4.98 Å². The second-order valence-corrected chi connectivity index (χ2v) is 6.86. The molecule has 0 aliphatic carbocycles. The number of ketones is 1. The third-order valence-corrected chi connectivity index (χ3v) is 5.04. The fourth-order valence-corrected chi connectivity index (χ4v) is 3.60. The van der Waals surface area contributed by atoms with Crippen LogP contribution in [-0.4, -0.2) is 52.4 Å². The number of amides is 1. The Balaban J connectivity index is 1.72. The van der Waals surface area contributed by atoms with E-state index in [0.717, 1.165) is 0 Å². The molecule has 8 heteroatoms. The standard InChI is InChI=1S/C20H17ClFN3O3/c21-20-18-15(5-6-23-20)16(19(27)13-1-3-14(22)4-2-13)11-25(18)12-17(26)24-7-9-28-10-8-24/h1-6,11H,7-10,12H2. The predicted molar refractivity (Wildman–Crippen MR) is 102 cm³/mol. The molecule has 144 valence electrons. The first-order valence-electron chi connectivity index (χ1n) is 8.84. The van der Waals surface area contributed by atoms with Crippen LogP contribution < -0.4 is 0 Å². The highest BCUT2D eigenvalue weighted by atomic mass is 35.5. The summed E-state index contributed by atoms with van der Waals surface area (Å²) >= 11 is 6.28. The van der Waals surface area contributed by atoms with Gasteiger partial charge in [0.25, 0.3) is 0 Å². The van der Waals surface area contributed by atoms with Crippen molar-refractivity contribution in [3.63, 3.8) is 0 Å². The van der Waals surface area contributed by atoms with Gasteiger partial charge in [0.2, 0.25) is 5.91 Å². The fraction of sp³-hybridized carbons (Fsp3) is 0.250. The number of ether oxygens (including phenoxy) is 1. The van der Waals surface area contributed by atoms with Crippen LogP contribution in [0.5, 0.6) is 0 Å². The molecule has 1 aromatic carbocycles. The van der Waals surface area contributed by atoms with Crippen molar-refractivity contribution in [1.29, 1.82) is 0 Å². The third kappa shape index (κ3) is 3.50. The Morgan fingerprint density at radius 1 is 1.14 bits per heavy atom. The summed E-state index contributed by atoms with van der Waals surface area (Å²) in [5.74, 6) is -0.770. The van der Waals surface area contributed by atoms with Gasteiger partial charge in [0, 0.05) is 42.0 Å². The molecule has 28 heavy (non-hydrogen) atoms. The van der Waals surface area contributed by atoms with E-state index in [0.29, 0.717) is 48.3 Å². The molecule has 1 fully saturated rings. The Bertz CT molecular complexity index is 1040. The third-order valence-electron chi connectivity index (χ3n) is 4.76. The number of pyridine rings is 1. The van der Waals surface area contributed by atoms with Crippen LogP contribution in [0.4, 0.5) is 4.39 Å². The normalized spacial score (nSPS) is 14.4. The lowest BCUT2D eigenvalue weighted by Crippen LogP contribution is -2.42. The maximum Gasteiger partial charge on any atom is 0.242 e. The van der Waals surface area contributed by atoms with Gasteiger partial charge in [-0.25, -0.2) is 9.37 Å². The molecule has 0 bridgehead atoms. The van der Waals surface area contributed by atoms with Gasteiger partial charge in [0.05, 0.1) is 18.7 Å². The van der Waals surface area contributed by atoms with Crippen LogP contribution >= 0.6 is 11.6 Å². The van der Waals surface area contributed by atoms with Crippen LogP contribution in [0.2, 0.25) is 5.15 Å². The number of aromatic nitrogens is 2. The summed E-state index contributed by atoms with van der Waals surface area (Å²) < 4.78 is 20.1. The second kappa shape index (κ2) is 7.69. The maximum atomic E-state index is 13.2. The fourth-order valence-electron chi connectivity index (χ4n) is 3.33. The number of nitrogens with zero attached hydrogens (tertiary/aromatic N) is 3. The summed E-state index contributed by atoms with van der Waals surface area (Å²) in [5.41, 5.74) is 1.27. The van der Waals surface area contributed by atoms with Gasteiger partial charge in [-0.05, 0) is 30.3 Å². The van der Waals surface area contributed by atoms with E-state index in [4.69, 9.17) is 16.3 Å². The molecule has 0 spiro atoms. The van der Waals surface area contributed by atoms with Crippen molar-refractivity contribution in [2.24, 2.45) is 0 Å². The first-order chi connectivity index (χ1) is 13.5. The van der Waals surface area contributed by atoms with Crippen molar-refractivity contribution in [2.45, 2.75) is 6.54 Å². The molecule has 1 aliphatic rings. The molecule has 6 nitrogen and oxygen atoms in total. The van der Waals surface area contributed by atoms with Gasteiger partial charge in [-0.15, -0.1) is 0 Å². The van der Waals surface area contributed by atoms with E-state index in [9.17, 15) is 14.0 Å². The van der Waals surface area contributed by atoms with Gasteiger partial charge in [0.15, 0.2) is 10.9 Å². The summed E-state index contributed by atoms with van der Waals surface area (Å²) in [5, 5.41) is 0.814. The van der Waals surface area contributed by atoms with E-state index in [1.54, 1.807) is 21.7 Å². The lowest BCUT2D eigenvalue weighted by atomic mass is 10.0. The number of halogens is 2. The highest BCUT2D eigenvalue weighted by Gasteiger charge is 2.22. The molecule has 3 aromatic rings. The van der Waals surface area contributed by atoms with Crippen LogP contribution in [-0.2, 0) is 16.1 Å². The number of morpholine rings is 1. The average molecular weight is 402 g/mol. The molecular formula is C20H17ClFN3O3. The molecule has 0 N–H and O–H groups in total. The minimum Gasteiger partial charge on any atom is -0.378 e. The van der Waals surface area contributed by atoms with Crippen LogP contribution in [0.1, 0.15) is 15.9 Å². The van der Waals surface area contributed by atoms with Gasteiger partial charge >= 0.3 is 0 Å². The number of rotatable bonds is 4. The van der Waals surface area contributed by atoms with Crippen molar-refractivity contribution in [3.05, 3.63) is 64.8 Å². The van der Waals surface area contributed by atoms with Gasteiger partial charge in [-0.2, -0.15) is 0 Å². The van der Waals surface area contributed by atoms with Crippen LogP contribution in [0.25, 0.3) is 10.9 Å². The van der Waals surface area contributed by atoms with Crippen molar-refractivity contribution < 1.29 is 18.7 Å². The number of fused-ring (bicyclic) bond motifs is 1. The molecule has 3 heterocycles. The molecular weight excluding hydrogens is 385 g/mol. The van der Waals surface area contributed by atoms with E-state index in [1.165, 1.54) is 30.5 Å². The molecule has 4 rings (SSSR count).